The van der Waals surface area contributed by atoms with Gasteiger partial charge >= 0.3 is 5.97 Å². The predicted octanol–water partition coefficient (Wildman–Crippen LogP) is 2.35. The van der Waals surface area contributed by atoms with Crippen LogP contribution in [0.5, 0.6) is 0 Å². The summed E-state index contributed by atoms with van der Waals surface area (Å²) >= 11 is 0. The van der Waals surface area contributed by atoms with E-state index in [4.69, 9.17) is 4.74 Å². The molecule has 2 aliphatic carbocycles. The molecule has 0 spiro atoms. The molecule has 122 valence electrons. The van der Waals surface area contributed by atoms with Crippen molar-refractivity contribution in [2.24, 2.45) is 17.8 Å². The van der Waals surface area contributed by atoms with Crippen molar-refractivity contribution in [2.45, 2.75) is 63.8 Å². The maximum atomic E-state index is 11.4. The first kappa shape index (κ1) is 15.8. The Morgan fingerprint density at radius 2 is 2.14 bits per heavy atom. The number of aliphatic hydroxyl groups excluding tert-OH is 2. The molecule has 4 nitrogen and oxygen atoms in total. The van der Waals surface area contributed by atoms with Crippen molar-refractivity contribution < 1.29 is 19.7 Å². The molecule has 0 aromatic rings. The van der Waals surface area contributed by atoms with Gasteiger partial charge in [-0.15, -0.1) is 0 Å². The SMILES string of the molecule is C[C@H]1C=CC2=CCC[C@H](O)[C@@H]2[C@H]1CC[C@@H]1C[C@@H](O)CC(=O)O1. The second-order valence-corrected chi connectivity index (χ2v) is 7.04. The van der Waals surface area contributed by atoms with Gasteiger partial charge in [0.05, 0.1) is 18.6 Å². The molecule has 0 aromatic carbocycles. The molecule has 4 heteroatoms. The van der Waals surface area contributed by atoms with Gasteiger partial charge in [-0.05, 0) is 43.1 Å². The Morgan fingerprint density at radius 3 is 2.91 bits per heavy atom. The predicted molar refractivity (Wildman–Crippen MR) is 83.0 cm³/mol. The molecule has 3 rings (SSSR count). The molecule has 0 radical (unpaired) electrons. The first-order chi connectivity index (χ1) is 10.5. The molecular formula is C18H26O4. The largest absolute Gasteiger partial charge is 0.462 e. The van der Waals surface area contributed by atoms with Crippen LogP contribution in [-0.4, -0.2) is 34.5 Å². The molecular weight excluding hydrogens is 280 g/mol. The van der Waals surface area contributed by atoms with E-state index < -0.39 is 6.10 Å². The number of ether oxygens (including phenoxy) is 1. The second kappa shape index (κ2) is 6.55. The van der Waals surface area contributed by atoms with Crippen LogP contribution in [0.4, 0.5) is 0 Å². The van der Waals surface area contributed by atoms with Gasteiger partial charge in [-0.25, -0.2) is 0 Å². The van der Waals surface area contributed by atoms with Crippen molar-refractivity contribution in [1.82, 2.24) is 0 Å². The summed E-state index contributed by atoms with van der Waals surface area (Å²) < 4.78 is 5.35. The summed E-state index contributed by atoms with van der Waals surface area (Å²) in [6.45, 7) is 2.20. The van der Waals surface area contributed by atoms with E-state index in [1.165, 1.54) is 5.57 Å². The van der Waals surface area contributed by atoms with Crippen LogP contribution in [0.25, 0.3) is 0 Å². The second-order valence-electron chi connectivity index (χ2n) is 7.04. The van der Waals surface area contributed by atoms with E-state index in [1.807, 2.05) is 0 Å². The maximum Gasteiger partial charge on any atom is 0.308 e. The minimum Gasteiger partial charge on any atom is -0.462 e. The zero-order chi connectivity index (χ0) is 15.7. The van der Waals surface area contributed by atoms with Crippen molar-refractivity contribution in [3.8, 4) is 0 Å². The number of fused-ring (bicyclic) bond motifs is 1. The fourth-order valence-electron chi connectivity index (χ4n) is 4.26. The fourth-order valence-corrected chi connectivity index (χ4v) is 4.26. The Hall–Kier alpha value is -1.13. The van der Waals surface area contributed by atoms with E-state index in [0.29, 0.717) is 18.3 Å². The first-order valence-corrected chi connectivity index (χ1v) is 8.48. The summed E-state index contributed by atoms with van der Waals surface area (Å²) in [6, 6.07) is 0. The van der Waals surface area contributed by atoms with E-state index in [1.54, 1.807) is 0 Å². The highest BCUT2D eigenvalue weighted by Gasteiger charge is 2.38. The van der Waals surface area contributed by atoms with Gasteiger partial charge in [0.25, 0.3) is 0 Å². The summed E-state index contributed by atoms with van der Waals surface area (Å²) in [4.78, 5) is 11.4. The van der Waals surface area contributed by atoms with Gasteiger partial charge in [-0.2, -0.15) is 0 Å². The number of aliphatic hydroxyl groups is 2. The van der Waals surface area contributed by atoms with Gasteiger partial charge in [0.1, 0.15) is 6.10 Å². The van der Waals surface area contributed by atoms with Crippen LogP contribution in [0.3, 0.4) is 0 Å². The summed E-state index contributed by atoms with van der Waals surface area (Å²) in [5.41, 5.74) is 1.27. The number of hydrogen-bond donors (Lipinski definition) is 2. The van der Waals surface area contributed by atoms with E-state index in [0.717, 1.165) is 25.7 Å². The normalized spacial score (nSPS) is 41.6. The lowest BCUT2D eigenvalue weighted by molar-refractivity contribution is -0.160. The van der Waals surface area contributed by atoms with Gasteiger partial charge in [-0.3, -0.25) is 4.79 Å². The zero-order valence-electron chi connectivity index (χ0n) is 13.1. The molecule has 0 unspecified atom stereocenters. The van der Waals surface area contributed by atoms with Crippen molar-refractivity contribution in [2.75, 3.05) is 0 Å². The number of allylic oxidation sites excluding steroid dienone is 3. The number of cyclic esters (lactones) is 1. The van der Waals surface area contributed by atoms with E-state index in [2.05, 4.69) is 25.2 Å². The minimum atomic E-state index is -0.564. The Balaban J connectivity index is 1.65. The third-order valence-electron chi connectivity index (χ3n) is 5.43. The summed E-state index contributed by atoms with van der Waals surface area (Å²) in [7, 11) is 0. The third-order valence-corrected chi connectivity index (χ3v) is 5.43. The number of rotatable bonds is 3. The average Bonchev–Trinajstić information content (AvgIpc) is 2.46. The van der Waals surface area contributed by atoms with Crippen LogP contribution in [-0.2, 0) is 9.53 Å². The lowest BCUT2D eigenvalue weighted by Crippen LogP contribution is -2.38. The molecule has 0 aromatic heterocycles. The topological polar surface area (TPSA) is 66.8 Å². The first-order valence-electron chi connectivity index (χ1n) is 8.48. The lowest BCUT2D eigenvalue weighted by atomic mass is 9.66. The van der Waals surface area contributed by atoms with E-state index in [-0.39, 0.29) is 30.5 Å². The van der Waals surface area contributed by atoms with E-state index in [9.17, 15) is 15.0 Å². The highest BCUT2D eigenvalue weighted by atomic mass is 16.5. The summed E-state index contributed by atoms with van der Waals surface area (Å²) in [5.74, 6) is 0.708. The Bertz CT molecular complexity index is 481. The highest BCUT2D eigenvalue weighted by molar-refractivity contribution is 5.70. The van der Waals surface area contributed by atoms with Crippen LogP contribution in [0.1, 0.15) is 45.4 Å². The lowest BCUT2D eigenvalue weighted by Gasteiger charge is -2.40. The van der Waals surface area contributed by atoms with Gasteiger partial charge in [0.2, 0.25) is 0 Å². The fraction of sp³-hybridized carbons (Fsp3) is 0.722. The average molecular weight is 306 g/mol. The molecule has 0 amide bonds. The van der Waals surface area contributed by atoms with Crippen molar-refractivity contribution in [3.05, 3.63) is 23.8 Å². The third kappa shape index (κ3) is 3.28. The van der Waals surface area contributed by atoms with Crippen molar-refractivity contribution in [1.29, 1.82) is 0 Å². The summed E-state index contributed by atoms with van der Waals surface area (Å²) in [5, 5.41) is 20.1. The van der Waals surface area contributed by atoms with Gasteiger partial charge < -0.3 is 14.9 Å². The molecule has 0 saturated carbocycles. The number of esters is 1. The molecule has 1 aliphatic heterocycles. The Morgan fingerprint density at radius 1 is 1.32 bits per heavy atom. The molecule has 3 aliphatic rings. The minimum absolute atomic E-state index is 0.118. The molecule has 22 heavy (non-hydrogen) atoms. The molecule has 1 saturated heterocycles. The highest BCUT2D eigenvalue weighted by Crippen LogP contribution is 2.42. The number of carbonyl (C=O) groups excluding carboxylic acids is 1. The van der Waals surface area contributed by atoms with Crippen LogP contribution < -0.4 is 0 Å². The Labute approximate surface area is 131 Å². The summed E-state index contributed by atoms with van der Waals surface area (Å²) in [6.07, 6.45) is 9.75. The molecule has 1 heterocycles. The number of carbonyl (C=O) groups is 1. The molecule has 1 fully saturated rings. The quantitative estimate of drug-likeness (QED) is 0.786. The van der Waals surface area contributed by atoms with E-state index >= 15 is 0 Å². The van der Waals surface area contributed by atoms with Crippen LogP contribution in [0.15, 0.2) is 23.8 Å². The Kier molecular flexibility index (Phi) is 4.69. The molecule has 2 N–H and O–H groups in total. The standard InChI is InChI=1S/C18H26O4/c1-11-5-6-12-3-2-4-16(20)18(12)15(11)8-7-14-9-13(19)10-17(21)22-14/h3,5-6,11,13-16,18-20H,2,4,7-10H2,1H3/t11-,13+,14+,15-,16-,18-/m0/s1. The van der Waals surface area contributed by atoms with Gasteiger partial charge in [0.15, 0.2) is 0 Å². The molecule has 0 bridgehead atoms. The van der Waals surface area contributed by atoms with Gasteiger partial charge in [0, 0.05) is 12.3 Å². The van der Waals surface area contributed by atoms with Crippen LogP contribution in [0.2, 0.25) is 0 Å². The number of hydrogen-bond acceptors (Lipinski definition) is 4. The monoisotopic (exact) mass is 306 g/mol. The van der Waals surface area contributed by atoms with Gasteiger partial charge in [-0.1, -0.05) is 25.2 Å². The smallest absolute Gasteiger partial charge is 0.308 e. The maximum absolute atomic E-state index is 11.4. The molecule has 6 atom stereocenters. The van der Waals surface area contributed by atoms with Crippen molar-refractivity contribution in [3.63, 3.8) is 0 Å². The van der Waals surface area contributed by atoms with Crippen LogP contribution >= 0.6 is 0 Å². The zero-order valence-corrected chi connectivity index (χ0v) is 13.1. The van der Waals surface area contributed by atoms with Crippen molar-refractivity contribution >= 4 is 5.97 Å². The van der Waals surface area contributed by atoms with Crippen LogP contribution in [0, 0.1) is 17.8 Å².